The molecule has 2 rings (SSSR count). The second-order valence-corrected chi connectivity index (χ2v) is 5.03. The number of hydrogen-bond acceptors (Lipinski definition) is 4. The first-order chi connectivity index (χ1) is 9.10. The minimum Gasteiger partial charge on any atom is -0.394 e. The molecule has 5 heteroatoms. The summed E-state index contributed by atoms with van der Waals surface area (Å²) in [5.41, 5.74) is 3.38. The normalized spacial score (nSPS) is 13.3. The largest absolute Gasteiger partial charge is 0.394 e. The zero-order valence-corrected chi connectivity index (χ0v) is 11.5. The van der Waals surface area contributed by atoms with E-state index in [1.165, 1.54) is 5.56 Å². The third-order valence-corrected chi connectivity index (χ3v) is 3.31. The van der Waals surface area contributed by atoms with Gasteiger partial charge in [0.2, 0.25) is 0 Å². The van der Waals surface area contributed by atoms with Crippen LogP contribution in [0.2, 0.25) is 0 Å². The SMILES string of the molecule is CN(CCc1ccc2c(c1)ncn2C)CC(O)CO. The quantitative estimate of drug-likeness (QED) is 0.792. The van der Waals surface area contributed by atoms with E-state index in [9.17, 15) is 5.11 Å². The van der Waals surface area contributed by atoms with Gasteiger partial charge >= 0.3 is 0 Å². The van der Waals surface area contributed by atoms with Crippen LogP contribution in [0.3, 0.4) is 0 Å². The highest BCUT2D eigenvalue weighted by Gasteiger charge is 2.07. The van der Waals surface area contributed by atoms with E-state index in [1.54, 1.807) is 0 Å². The van der Waals surface area contributed by atoms with Gasteiger partial charge in [-0.3, -0.25) is 0 Å². The first-order valence-corrected chi connectivity index (χ1v) is 6.47. The number of hydrogen-bond donors (Lipinski definition) is 2. The second-order valence-electron chi connectivity index (χ2n) is 5.03. The molecule has 1 aromatic carbocycles. The van der Waals surface area contributed by atoms with Crippen LogP contribution in [0.4, 0.5) is 0 Å². The fraction of sp³-hybridized carbons (Fsp3) is 0.500. The Morgan fingerprint density at radius 2 is 2.21 bits per heavy atom. The molecule has 0 saturated heterocycles. The average Bonchev–Trinajstić information content (AvgIpc) is 2.77. The molecule has 1 aromatic heterocycles. The second kappa shape index (κ2) is 6.14. The van der Waals surface area contributed by atoms with Crippen molar-refractivity contribution in [1.82, 2.24) is 14.5 Å². The van der Waals surface area contributed by atoms with Crippen molar-refractivity contribution in [2.45, 2.75) is 12.5 Å². The third kappa shape index (κ3) is 3.53. The van der Waals surface area contributed by atoms with Crippen LogP contribution >= 0.6 is 0 Å². The molecule has 5 nitrogen and oxygen atoms in total. The van der Waals surface area contributed by atoms with Crippen LogP contribution in [-0.2, 0) is 13.5 Å². The van der Waals surface area contributed by atoms with Gasteiger partial charge < -0.3 is 19.7 Å². The summed E-state index contributed by atoms with van der Waals surface area (Å²) in [6.07, 6.45) is 2.06. The maximum atomic E-state index is 9.37. The van der Waals surface area contributed by atoms with E-state index in [2.05, 4.69) is 23.2 Å². The monoisotopic (exact) mass is 263 g/mol. The molecule has 2 aromatic rings. The Hall–Kier alpha value is -1.43. The lowest BCUT2D eigenvalue weighted by Crippen LogP contribution is -2.32. The van der Waals surface area contributed by atoms with Crippen molar-refractivity contribution in [2.24, 2.45) is 7.05 Å². The zero-order valence-electron chi connectivity index (χ0n) is 11.5. The molecule has 1 heterocycles. The van der Waals surface area contributed by atoms with Gasteiger partial charge in [0.1, 0.15) is 0 Å². The molecular formula is C14H21N3O2. The summed E-state index contributed by atoms with van der Waals surface area (Å²) in [7, 11) is 3.93. The molecule has 0 aliphatic rings. The van der Waals surface area contributed by atoms with E-state index in [4.69, 9.17) is 5.11 Å². The van der Waals surface area contributed by atoms with Crippen molar-refractivity contribution < 1.29 is 10.2 Å². The summed E-state index contributed by atoms with van der Waals surface area (Å²) >= 11 is 0. The van der Waals surface area contributed by atoms with Crippen LogP contribution in [0.1, 0.15) is 5.56 Å². The number of likely N-dealkylation sites (N-methyl/N-ethyl adjacent to an activating group) is 1. The Morgan fingerprint density at radius 1 is 1.42 bits per heavy atom. The van der Waals surface area contributed by atoms with Crippen molar-refractivity contribution >= 4 is 11.0 Å². The molecule has 2 N–H and O–H groups in total. The molecule has 19 heavy (non-hydrogen) atoms. The van der Waals surface area contributed by atoms with Crippen LogP contribution in [0.15, 0.2) is 24.5 Å². The third-order valence-electron chi connectivity index (χ3n) is 3.31. The van der Waals surface area contributed by atoms with E-state index in [0.29, 0.717) is 6.54 Å². The number of rotatable bonds is 6. The fourth-order valence-electron chi connectivity index (χ4n) is 2.17. The van der Waals surface area contributed by atoms with Crippen molar-refractivity contribution in [3.05, 3.63) is 30.1 Å². The Morgan fingerprint density at radius 3 is 2.95 bits per heavy atom. The first-order valence-electron chi connectivity index (χ1n) is 6.47. The molecule has 1 atom stereocenters. The van der Waals surface area contributed by atoms with Gasteiger partial charge in [-0.25, -0.2) is 4.98 Å². The van der Waals surface area contributed by atoms with Gasteiger partial charge in [-0.2, -0.15) is 0 Å². The van der Waals surface area contributed by atoms with Gasteiger partial charge in [0.25, 0.3) is 0 Å². The van der Waals surface area contributed by atoms with E-state index in [1.807, 2.05) is 29.9 Å². The van der Waals surface area contributed by atoms with Gasteiger partial charge in [-0.1, -0.05) is 6.07 Å². The van der Waals surface area contributed by atoms with Gasteiger partial charge in [-0.15, -0.1) is 0 Å². The standard InChI is InChI=1S/C14H21N3O2/c1-16(8-12(19)9-18)6-5-11-3-4-14-13(7-11)15-10-17(14)2/h3-4,7,10,12,18-19H,5-6,8-9H2,1-2H3. The number of aromatic nitrogens is 2. The first kappa shape index (κ1) is 14.0. The number of aliphatic hydroxyl groups excluding tert-OH is 2. The van der Waals surface area contributed by atoms with Gasteiger partial charge in [-0.05, 0) is 31.2 Å². The number of benzene rings is 1. The lowest BCUT2D eigenvalue weighted by Gasteiger charge is -2.19. The smallest absolute Gasteiger partial charge is 0.0955 e. The molecule has 0 spiro atoms. The van der Waals surface area contributed by atoms with E-state index < -0.39 is 6.10 Å². The van der Waals surface area contributed by atoms with E-state index in [0.717, 1.165) is 24.0 Å². The Kier molecular flexibility index (Phi) is 4.52. The van der Waals surface area contributed by atoms with Gasteiger partial charge in [0.15, 0.2) is 0 Å². The van der Waals surface area contributed by atoms with E-state index >= 15 is 0 Å². The molecule has 1 unspecified atom stereocenters. The number of fused-ring (bicyclic) bond motifs is 1. The molecule has 0 bridgehead atoms. The zero-order chi connectivity index (χ0) is 13.8. The molecule has 0 radical (unpaired) electrons. The van der Waals surface area contributed by atoms with Gasteiger partial charge in [0, 0.05) is 20.1 Å². The fourth-order valence-corrected chi connectivity index (χ4v) is 2.17. The van der Waals surface area contributed by atoms with Crippen molar-refractivity contribution in [3.8, 4) is 0 Å². The lowest BCUT2D eigenvalue weighted by atomic mass is 10.1. The Bertz CT molecular complexity index is 538. The summed E-state index contributed by atoms with van der Waals surface area (Å²) < 4.78 is 2.00. The highest BCUT2D eigenvalue weighted by atomic mass is 16.3. The van der Waals surface area contributed by atoms with Crippen molar-refractivity contribution in [1.29, 1.82) is 0 Å². The summed E-state index contributed by atoms with van der Waals surface area (Å²) in [5.74, 6) is 0. The molecule has 0 saturated carbocycles. The lowest BCUT2D eigenvalue weighted by molar-refractivity contribution is 0.0669. The van der Waals surface area contributed by atoms with Crippen LogP contribution < -0.4 is 0 Å². The topological polar surface area (TPSA) is 61.5 Å². The highest BCUT2D eigenvalue weighted by molar-refractivity contribution is 5.75. The Labute approximate surface area is 113 Å². The predicted molar refractivity (Wildman–Crippen MR) is 75.0 cm³/mol. The minimum absolute atomic E-state index is 0.190. The predicted octanol–water partition coefficient (Wildman–Crippen LogP) is 0.401. The van der Waals surface area contributed by atoms with Crippen LogP contribution in [0.25, 0.3) is 11.0 Å². The van der Waals surface area contributed by atoms with Crippen LogP contribution in [0, 0.1) is 0 Å². The van der Waals surface area contributed by atoms with Gasteiger partial charge in [0.05, 0.1) is 30.1 Å². The maximum Gasteiger partial charge on any atom is 0.0955 e. The molecule has 0 aliphatic carbocycles. The molecule has 0 fully saturated rings. The summed E-state index contributed by atoms with van der Waals surface area (Å²) in [4.78, 5) is 6.36. The molecule has 0 aliphatic heterocycles. The van der Waals surface area contributed by atoms with Crippen LogP contribution in [-0.4, -0.2) is 57.5 Å². The number of imidazole rings is 1. The molecule has 104 valence electrons. The minimum atomic E-state index is -0.664. The molecule has 0 amide bonds. The number of nitrogens with zero attached hydrogens (tertiary/aromatic N) is 3. The maximum absolute atomic E-state index is 9.37. The molecular weight excluding hydrogens is 242 g/mol. The number of aryl methyl sites for hydroxylation is 1. The summed E-state index contributed by atoms with van der Waals surface area (Å²) in [6.45, 7) is 1.14. The van der Waals surface area contributed by atoms with Crippen LogP contribution in [0.5, 0.6) is 0 Å². The van der Waals surface area contributed by atoms with Crippen molar-refractivity contribution in [2.75, 3.05) is 26.7 Å². The summed E-state index contributed by atoms with van der Waals surface area (Å²) in [6, 6.07) is 6.30. The summed E-state index contributed by atoms with van der Waals surface area (Å²) in [5, 5.41) is 18.2. The van der Waals surface area contributed by atoms with E-state index in [-0.39, 0.29) is 6.61 Å². The number of aliphatic hydroxyl groups is 2. The van der Waals surface area contributed by atoms with Crippen molar-refractivity contribution in [3.63, 3.8) is 0 Å². The highest BCUT2D eigenvalue weighted by Crippen LogP contribution is 2.14. The average molecular weight is 263 g/mol. The Balaban J connectivity index is 1.94.